The molecule has 0 aliphatic heterocycles. The van der Waals surface area contributed by atoms with Gasteiger partial charge in [-0.1, -0.05) is 18.2 Å². The molecular formula is C18H12N4O3S. The van der Waals surface area contributed by atoms with Crippen LogP contribution >= 0.6 is 11.3 Å². The highest BCUT2D eigenvalue weighted by Crippen LogP contribution is 2.24. The van der Waals surface area contributed by atoms with Gasteiger partial charge in [-0.15, -0.1) is 11.3 Å². The molecule has 0 aliphatic rings. The minimum atomic E-state index is -0.526. The summed E-state index contributed by atoms with van der Waals surface area (Å²) in [5.41, 5.74) is 2.38. The smallest absolute Gasteiger partial charge is 0.270 e. The van der Waals surface area contributed by atoms with Crippen LogP contribution in [0.2, 0.25) is 0 Å². The summed E-state index contributed by atoms with van der Waals surface area (Å²) in [5, 5.41) is 15.6. The number of hydrogen-bond donors (Lipinski definition) is 1. The van der Waals surface area contributed by atoms with E-state index in [0.717, 1.165) is 16.2 Å². The molecule has 0 saturated heterocycles. The van der Waals surface area contributed by atoms with E-state index in [1.807, 2.05) is 40.4 Å². The molecule has 0 fully saturated rings. The average molecular weight is 364 g/mol. The quantitative estimate of drug-likeness (QED) is 0.433. The number of carbonyl (C=O) groups is 1. The molecule has 0 aliphatic carbocycles. The number of amides is 1. The van der Waals surface area contributed by atoms with Crippen molar-refractivity contribution in [3.05, 3.63) is 82.0 Å². The maximum absolute atomic E-state index is 12.4. The first-order valence-electron chi connectivity index (χ1n) is 7.68. The third-order valence-corrected chi connectivity index (χ3v) is 4.60. The summed E-state index contributed by atoms with van der Waals surface area (Å²) in [7, 11) is 0. The molecule has 0 bridgehead atoms. The standard InChI is InChI=1S/C18H12N4O3S/c23-17(13-4-2-6-15(10-13)22(24)25)19-14-5-1-3-12(9-14)16-11-21-7-8-26-18(21)20-16/h1-11H,(H,19,23). The fraction of sp³-hybridized carbons (Fsp3) is 0. The Bertz CT molecular complexity index is 1100. The number of nitro groups is 1. The van der Waals surface area contributed by atoms with E-state index in [9.17, 15) is 14.9 Å². The van der Waals surface area contributed by atoms with Gasteiger partial charge < -0.3 is 5.32 Å². The van der Waals surface area contributed by atoms with Crippen LogP contribution in [0, 0.1) is 10.1 Å². The first-order valence-corrected chi connectivity index (χ1v) is 8.56. The van der Waals surface area contributed by atoms with Crippen molar-refractivity contribution < 1.29 is 9.72 Å². The van der Waals surface area contributed by atoms with Gasteiger partial charge in [0.2, 0.25) is 0 Å². The van der Waals surface area contributed by atoms with Crippen LogP contribution in [0.1, 0.15) is 10.4 Å². The maximum atomic E-state index is 12.4. The molecule has 7 nitrogen and oxygen atoms in total. The molecule has 2 heterocycles. The molecule has 4 rings (SSSR count). The Morgan fingerprint density at radius 1 is 1.19 bits per heavy atom. The van der Waals surface area contributed by atoms with E-state index < -0.39 is 10.8 Å². The predicted molar refractivity (Wildman–Crippen MR) is 99.6 cm³/mol. The molecule has 0 spiro atoms. The van der Waals surface area contributed by atoms with Crippen LogP contribution in [0.3, 0.4) is 0 Å². The molecule has 2 aromatic heterocycles. The number of non-ortho nitro benzene ring substituents is 1. The number of rotatable bonds is 4. The SMILES string of the molecule is O=C(Nc1cccc(-c2cn3ccsc3n2)c1)c1cccc([N+](=O)[O-])c1. The highest BCUT2D eigenvalue weighted by Gasteiger charge is 2.12. The van der Waals surface area contributed by atoms with Gasteiger partial charge in [-0.05, 0) is 18.2 Å². The summed E-state index contributed by atoms with van der Waals surface area (Å²) in [6, 6.07) is 12.9. The van der Waals surface area contributed by atoms with Gasteiger partial charge in [0.05, 0.1) is 10.6 Å². The third kappa shape index (κ3) is 3.05. The zero-order valence-corrected chi connectivity index (χ0v) is 14.1. The van der Waals surface area contributed by atoms with Gasteiger partial charge in [-0.2, -0.15) is 0 Å². The highest BCUT2D eigenvalue weighted by atomic mass is 32.1. The third-order valence-electron chi connectivity index (χ3n) is 3.83. The van der Waals surface area contributed by atoms with Crippen LogP contribution in [0.5, 0.6) is 0 Å². The van der Waals surface area contributed by atoms with Crippen molar-refractivity contribution in [2.45, 2.75) is 0 Å². The van der Waals surface area contributed by atoms with E-state index in [0.29, 0.717) is 5.69 Å². The molecule has 128 valence electrons. The van der Waals surface area contributed by atoms with Gasteiger partial charge in [0.1, 0.15) is 0 Å². The zero-order valence-electron chi connectivity index (χ0n) is 13.3. The van der Waals surface area contributed by atoms with E-state index in [-0.39, 0.29) is 11.3 Å². The number of aromatic nitrogens is 2. The van der Waals surface area contributed by atoms with E-state index in [1.165, 1.54) is 24.3 Å². The molecule has 0 unspecified atom stereocenters. The van der Waals surface area contributed by atoms with Crippen molar-refractivity contribution in [1.29, 1.82) is 0 Å². The van der Waals surface area contributed by atoms with E-state index in [1.54, 1.807) is 17.4 Å². The Hall–Kier alpha value is -3.52. The molecule has 0 radical (unpaired) electrons. The van der Waals surface area contributed by atoms with Crippen molar-refractivity contribution in [2.75, 3.05) is 5.32 Å². The Labute approximate surface area is 151 Å². The molecule has 0 saturated carbocycles. The van der Waals surface area contributed by atoms with Gasteiger partial charge in [-0.3, -0.25) is 19.3 Å². The van der Waals surface area contributed by atoms with Gasteiger partial charge in [-0.25, -0.2) is 4.98 Å². The Morgan fingerprint density at radius 2 is 2.04 bits per heavy atom. The summed E-state index contributed by atoms with van der Waals surface area (Å²) in [5.74, 6) is -0.406. The number of nitro benzene ring substituents is 1. The minimum Gasteiger partial charge on any atom is -0.322 e. The lowest BCUT2D eigenvalue weighted by Crippen LogP contribution is -2.12. The van der Waals surface area contributed by atoms with Crippen molar-refractivity contribution in [3.63, 3.8) is 0 Å². The van der Waals surface area contributed by atoms with Crippen LogP contribution in [-0.4, -0.2) is 20.2 Å². The monoisotopic (exact) mass is 364 g/mol. The fourth-order valence-electron chi connectivity index (χ4n) is 2.59. The Morgan fingerprint density at radius 3 is 2.85 bits per heavy atom. The van der Waals surface area contributed by atoms with Gasteiger partial charge >= 0.3 is 0 Å². The van der Waals surface area contributed by atoms with Crippen LogP contribution in [0.15, 0.2) is 66.3 Å². The number of carbonyl (C=O) groups excluding carboxylic acids is 1. The largest absolute Gasteiger partial charge is 0.322 e. The summed E-state index contributed by atoms with van der Waals surface area (Å²) in [4.78, 5) is 28.2. The number of nitrogens with one attached hydrogen (secondary N) is 1. The second-order valence-corrected chi connectivity index (χ2v) is 6.43. The zero-order chi connectivity index (χ0) is 18.1. The topological polar surface area (TPSA) is 89.5 Å². The van der Waals surface area contributed by atoms with Gasteiger partial charge in [0, 0.05) is 46.7 Å². The lowest BCUT2D eigenvalue weighted by molar-refractivity contribution is -0.384. The van der Waals surface area contributed by atoms with Gasteiger partial charge in [0.25, 0.3) is 11.6 Å². The van der Waals surface area contributed by atoms with E-state index in [2.05, 4.69) is 10.3 Å². The van der Waals surface area contributed by atoms with Crippen molar-refractivity contribution in [1.82, 2.24) is 9.38 Å². The highest BCUT2D eigenvalue weighted by molar-refractivity contribution is 7.15. The number of imidazole rings is 1. The summed E-state index contributed by atoms with van der Waals surface area (Å²) in [6.45, 7) is 0. The van der Waals surface area contributed by atoms with Crippen LogP contribution in [0.4, 0.5) is 11.4 Å². The molecule has 0 atom stereocenters. The minimum absolute atomic E-state index is 0.121. The Balaban J connectivity index is 1.59. The molecular weight excluding hydrogens is 352 g/mol. The first kappa shape index (κ1) is 16.0. The number of fused-ring (bicyclic) bond motifs is 1. The van der Waals surface area contributed by atoms with Crippen molar-refractivity contribution in [2.24, 2.45) is 0 Å². The van der Waals surface area contributed by atoms with Crippen LogP contribution in [-0.2, 0) is 0 Å². The maximum Gasteiger partial charge on any atom is 0.270 e. The first-order chi connectivity index (χ1) is 12.6. The normalized spacial score (nSPS) is 10.8. The average Bonchev–Trinajstić information content (AvgIpc) is 3.24. The molecule has 2 aromatic carbocycles. The number of anilines is 1. The lowest BCUT2D eigenvalue weighted by atomic mass is 10.1. The second kappa shape index (κ2) is 6.41. The Kier molecular flexibility index (Phi) is 3.94. The fourth-order valence-corrected chi connectivity index (χ4v) is 3.29. The van der Waals surface area contributed by atoms with Crippen molar-refractivity contribution >= 4 is 33.6 Å². The molecule has 1 N–H and O–H groups in total. The second-order valence-electron chi connectivity index (χ2n) is 5.56. The van der Waals surface area contributed by atoms with E-state index >= 15 is 0 Å². The number of benzene rings is 2. The molecule has 8 heteroatoms. The summed E-state index contributed by atoms with van der Waals surface area (Å²) < 4.78 is 1.94. The van der Waals surface area contributed by atoms with Crippen molar-refractivity contribution in [3.8, 4) is 11.3 Å². The predicted octanol–water partition coefficient (Wildman–Crippen LogP) is 4.22. The van der Waals surface area contributed by atoms with E-state index in [4.69, 9.17) is 0 Å². The summed E-state index contributed by atoms with van der Waals surface area (Å²) >= 11 is 1.55. The summed E-state index contributed by atoms with van der Waals surface area (Å²) in [6.07, 6.45) is 3.86. The van der Waals surface area contributed by atoms with Crippen LogP contribution < -0.4 is 5.32 Å². The molecule has 4 aromatic rings. The lowest BCUT2D eigenvalue weighted by Gasteiger charge is -2.06. The number of nitrogens with zero attached hydrogens (tertiary/aromatic N) is 3. The molecule has 26 heavy (non-hydrogen) atoms. The molecule has 1 amide bonds. The number of hydrogen-bond acceptors (Lipinski definition) is 5. The van der Waals surface area contributed by atoms with Gasteiger partial charge in [0.15, 0.2) is 4.96 Å². The van der Waals surface area contributed by atoms with Crippen LogP contribution in [0.25, 0.3) is 16.2 Å². The number of thiazole rings is 1.